The number of carbonyl (C=O) groups is 1. The molecular formula is C8H14N2O. The van der Waals surface area contributed by atoms with Crippen molar-refractivity contribution >= 4 is 6.41 Å². The first-order valence-corrected chi connectivity index (χ1v) is 3.42. The second kappa shape index (κ2) is 5.68. The van der Waals surface area contributed by atoms with E-state index in [-0.39, 0.29) is 0 Å². The van der Waals surface area contributed by atoms with E-state index < -0.39 is 0 Å². The Morgan fingerprint density at radius 3 is 2.73 bits per heavy atom. The Balaban J connectivity index is 3.84. The van der Waals surface area contributed by atoms with Crippen molar-refractivity contribution in [3.8, 4) is 0 Å². The molecule has 0 atom stereocenters. The van der Waals surface area contributed by atoms with Gasteiger partial charge in [0.2, 0.25) is 6.41 Å². The van der Waals surface area contributed by atoms with Crippen molar-refractivity contribution < 1.29 is 4.79 Å². The van der Waals surface area contributed by atoms with E-state index in [0.717, 1.165) is 12.0 Å². The van der Waals surface area contributed by atoms with Gasteiger partial charge in [-0.25, -0.2) is 0 Å². The van der Waals surface area contributed by atoms with Crippen molar-refractivity contribution in [2.45, 2.75) is 6.92 Å². The van der Waals surface area contributed by atoms with E-state index >= 15 is 0 Å². The zero-order valence-corrected chi connectivity index (χ0v) is 6.95. The highest BCUT2D eigenvalue weighted by Gasteiger charge is 1.81. The molecule has 0 aromatic rings. The van der Waals surface area contributed by atoms with Crippen LogP contribution >= 0.6 is 0 Å². The summed E-state index contributed by atoms with van der Waals surface area (Å²) in [6.45, 7) is 2.49. The lowest BCUT2D eigenvalue weighted by molar-refractivity contribution is -0.114. The summed E-state index contributed by atoms with van der Waals surface area (Å²) in [6, 6.07) is 0. The first-order chi connectivity index (χ1) is 5.20. The summed E-state index contributed by atoms with van der Waals surface area (Å²) in [4.78, 5) is 11.5. The number of allylic oxidation sites excluding steroid dienone is 2. The second-order valence-corrected chi connectivity index (χ2v) is 2.33. The fourth-order valence-electron chi connectivity index (χ4n) is 0.446. The van der Waals surface area contributed by atoms with Crippen molar-refractivity contribution in [3.05, 3.63) is 23.9 Å². The fourth-order valence-corrected chi connectivity index (χ4v) is 0.446. The zero-order chi connectivity index (χ0) is 8.69. The van der Waals surface area contributed by atoms with Gasteiger partial charge in [-0.05, 0) is 13.0 Å². The summed E-state index contributed by atoms with van der Waals surface area (Å²) >= 11 is 0. The molecule has 0 radical (unpaired) electrons. The van der Waals surface area contributed by atoms with E-state index in [9.17, 15) is 4.79 Å². The Hall–Kier alpha value is -1.09. The van der Waals surface area contributed by atoms with Crippen molar-refractivity contribution in [2.75, 3.05) is 13.6 Å². The maximum atomic E-state index is 10.1. The average Bonchev–Trinajstić information content (AvgIpc) is 2.04. The van der Waals surface area contributed by atoms with Gasteiger partial charge in [0.1, 0.15) is 0 Å². The molecule has 0 bridgehead atoms. The molecule has 1 amide bonds. The van der Waals surface area contributed by atoms with Gasteiger partial charge in [0.05, 0.1) is 0 Å². The van der Waals surface area contributed by atoms with Crippen LogP contribution in [0.2, 0.25) is 0 Å². The molecule has 0 fully saturated rings. The standard InChI is InChI=1S/C8H14N2O/c1-8(6-9)4-3-5-10(2)7-11/h3-5,7H,6,9H2,1-2H3/b5-3-,8-4+. The molecular weight excluding hydrogens is 140 g/mol. The Morgan fingerprint density at radius 1 is 1.64 bits per heavy atom. The minimum Gasteiger partial charge on any atom is -0.327 e. The molecule has 2 N–H and O–H groups in total. The monoisotopic (exact) mass is 154 g/mol. The van der Waals surface area contributed by atoms with Gasteiger partial charge in [0, 0.05) is 19.8 Å². The molecule has 0 unspecified atom stereocenters. The van der Waals surface area contributed by atoms with Gasteiger partial charge in [-0.15, -0.1) is 0 Å². The largest absolute Gasteiger partial charge is 0.327 e. The van der Waals surface area contributed by atoms with Gasteiger partial charge >= 0.3 is 0 Å². The molecule has 0 heterocycles. The Labute approximate surface area is 67.2 Å². The van der Waals surface area contributed by atoms with Gasteiger partial charge in [-0.1, -0.05) is 11.6 Å². The van der Waals surface area contributed by atoms with Crippen LogP contribution in [0.1, 0.15) is 6.92 Å². The zero-order valence-electron chi connectivity index (χ0n) is 6.95. The highest BCUT2D eigenvalue weighted by atomic mass is 16.1. The van der Waals surface area contributed by atoms with E-state index in [1.807, 2.05) is 13.0 Å². The number of amides is 1. The van der Waals surface area contributed by atoms with Gasteiger partial charge in [0.15, 0.2) is 0 Å². The van der Waals surface area contributed by atoms with Crippen LogP contribution in [-0.4, -0.2) is 24.9 Å². The summed E-state index contributed by atoms with van der Waals surface area (Å²) in [7, 11) is 1.68. The van der Waals surface area contributed by atoms with Crippen LogP contribution in [0, 0.1) is 0 Å². The molecule has 0 aliphatic heterocycles. The topological polar surface area (TPSA) is 46.3 Å². The maximum Gasteiger partial charge on any atom is 0.213 e. The van der Waals surface area contributed by atoms with Crippen molar-refractivity contribution in [1.82, 2.24) is 4.90 Å². The minimum absolute atomic E-state index is 0.551. The quantitative estimate of drug-likeness (QED) is 0.473. The predicted octanol–water partition coefficient (Wildman–Crippen LogP) is 0.493. The molecule has 0 spiro atoms. The van der Waals surface area contributed by atoms with Crippen LogP contribution in [0.3, 0.4) is 0 Å². The van der Waals surface area contributed by atoms with E-state index in [2.05, 4.69) is 0 Å². The molecule has 0 aliphatic carbocycles. The van der Waals surface area contributed by atoms with Gasteiger partial charge in [-0.3, -0.25) is 4.79 Å². The summed E-state index contributed by atoms with van der Waals surface area (Å²) in [5.41, 5.74) is 6.42. The Kier molecular flexibility index (Phi) is 5.11. The molecule has 62 valence electrons. The van der Waals surface area contributed by atoms with E-state index in [4.69, 9.17) is 5.73 Å². The lowest BCUT2D eigenvalue weighted by atomic mass is 10.3. The van der Waals surface area contributed by atoms with Crippen LogP contribution in [-0.2, 0) is 4.79 Å². The third-order valence-corrected chi connectivity index (χ3v) is 1.19. The summed E-state index contributed by atoms with van der Waals surface area (Å²) in [6.07, 6.45) is 6.07. The third-order valence-electron chi connectivity index (χ3n) is 1.19. The molecule has 0 aliphatic rings. The summed E-state index contributed by atoms with van der Waals surface area (Å²) in [5.74, 6) is 0. The van der Waals surface area contributed by atoms with Crippen molar-refractivity contribution in [3.63, 3.8) is 0 Å². The molecule has 0 saturated heterocycles. The number of nitrogens with zero attached hydrogens (tertiary/aromatic N) is 1. The maximum absolute atomic E-state index is 10.1. The number of rotatable bonds is 4. The summed E-state index contributed by atoms with van der Waals surface area (Å²) < 4.78 is 0. The van der Waals surface area contributed by atoms with Gasteiger partial charge in [-0.2, -0.15) is 0 Å². The molecule has 3 nitrogen and oxygen atoms in total. The van der Waals surface area contributed by atoms with Crippen LogP contribution in [0.5, 0.6) is 0 Å². The third kappa shape index (κ3) is 5.36. The number of hydrogen-bond acceptors (Lipinski definition) is 2. The van der Waals surface area contributed by atoms with Crippen molar-refractivity contribution in [1.29, 1.82) is 0 Å². The van der Waals surface area contributed by atoms with Crippen LogP contribution < -0.4 is 5.73 Å². The SMILES string of the molecule is C/C(=C\C=C/N(C)C=O)CN. The fraction of sp³-hybridized carbons (Fsp3) is 0.375. The number of carbonyl (C=O) groups excluding carboxylic acids is 1. The van der Waals surface area contributed by atoms with E-state index in [0.29, 0.717) is 6.54 Å². The van der Waals surface area contributed by atoms with E-state index in [1.54, 1.807) is 19.3 Å². The molecule has 0 aromatic heterocycles. The lowest BCUT2D eigenvalue weighted by Gasteiger charge is -1.99. The molecule has 0 rings (SSSR count). The molecule has 3 heteroatoms. The average molecular weight is 154 g/mol. The highest BCUT2D eigenvalue weighted by Crippen LogP contribution is 1.89. The predicted molar refractivity (Wildman–Crippen MR) is 45.8 cm³/mol. The highest BCUT2D eigenvalue weighted by molar-refractivity contribution is 5.48. The van der Waals surface area contributed by atoms with Gasteiger partial charge in [0.25, 0.3) is 0 Å². The Morgan fingerprint density at radius 2 is 2.27 bits per heavy atom. The molecule has 11 heavy (non-hydrogen) atoms. The summed E-state index contributed by atoms with van der Waals surface area (Å²) in [5, 5.41) is 0. The first-order valence-electron chi connectivity index (χ1n) is 3.42. The van der Waals surface area contributed by atoms with Crippen LogP contribution in [0.4, 0.5) is 0 Å². The molecule has 0 saturated carbocycles. The minimum atomic E-state index is 0.551. The Bertz CT molecular complexity index is 173. The van der Waals surface area contributed by atoms with E-state index in [1.165, 1.54) is 4.90 Å². The lowest BCUT2D eigenvalue weighted by Crippen LogP contribution is -2.05. The van der Waals surface area contributed by atoms with Crippen molar-refractivity contribution in [2.24, 2.45) is 5.73 Å². The van der Waals surface area contributed by atoms with Gasteiger partial charge < -0.3 is 10.6 Å². The first kappa shape index (κ1) is 9.91. The molecule has 0 aromatic carbocycles. The normalized spacial score (nSPS) is 12.1. The second-order valence-electron chi connectivity index (χ2n) is 2.33. The number of nitrogens with two attached hydrogens (primary N) is 1. The van der Waals surface area contributed by atoms with Crippen LogP contribution in [0.25, 0.3) is 0 Å². The number of hydrogen-bond donors (Lipinski definition) is 1. The van der Waals surface area contributed by atoms with Crippen LogP contribution in [0.15, 0.2) is 23.9 Å². The smallest absolute Gasteiger partial charge is 0.213 e.